The molecule has 3 aromatic rings. The molecule has 246 valence electrons. The molecule has 3 atom stereocenters. The minimum absolute atomic E-state index is 0.00605. The van der Waals surface area contributed by atoms with Gasteiger partial charge in [0.15, 0.2) is 6.29 Å². The zero-order valence-corrected chi connectivity index (χ0v) is 26.6. The highest BCUT2D eigenvalue weighted by atomic mass is 16.7. The SMILES string of the molecule is O=C(O)CCCCCCC(=O)Nc1ccc(C2OC(CN3CCN(Cc4ccccc4)CC3)CC(c3ccc(CO)cc3)O2)cc1. The van der Waals surface area contributed by atoms with Gasteiger partial charge in [-0.15, -0.1) is 0 Å². The predicted octanol–water partition coefficient (Wildman–Crippen LogP) is 5.91. The van der Waals surface area contributed by atoms with Gasteiger partial charge in [0.1, 0.15) is 0 Å². The number of aliphatic hydroxyl groups excluding tert-OH is 1. The summed E-state index contributed by atoms with van der Waals surface area (Å²) in [6.07, 6.45) is 3.64. The Kier molecular flexibility index (Phi) is 12.7. The maximum atomic E-state index is 12.5. The van der Waals surface area contributed by atoms with Crippen LogP contribution in [-0.4, -0.2) is 70.7 Å². The molecule has 3 aromatic carbocycles. The molecule has 2 heterocycles. The molecule has 2 aliphatic rings. The number of nitrogens with zero attached hydrogens (tertiary/aromatic N) is 2. The Hall–Kier alpha value is -3.60. The van der Waals surface area contributed by atoms with E-state index in [1.54, 1.807) is 0 Å². The van der Waals surface area contributed by atoms with Crippen LogP contribution in [0, 0.1) is 0 Å². The summed E-state index contributed by atoms with van der Waals surface area (Å²) in [5, 5.41) is 21.2. The number of hydrogen-bond acceptors (Lipinski definition) is 7. The lowest BCUT2D eigenvalue weighted by Gasteiger charge is -2.40. The van der Waals surface area contributed by atoms with Gasteiger partial charge in [0, 0.05) is 69.8 Å². The van der Waals surface area contributed by atoms with Crippen LogP contribution < -0.4 is 5.32 Å². The molecule has 0 saturated carbocycles. The smallest absolute Gasteiger partial charge is 0.303 e. The van der Waals surface area contributed by atoms with Crippen molar-refractivity contribution in [3.8, 4) is 0 Å². The number of unbranched alkanes of at least 4 members (excludes halogenated alkanes) is 3. The van der Waals surface area contributed by atoms with Crippen molar-refractivity contribution in [1.29, 1.82) is 0 Å². The van der Waals surface area contributed by atoms with E-state index in [0.29, 0.717) is 12.8 Å². The molecule has 0 spiro atoms. The van der Waals surface area contributed by atoms with Crippen LogP contribution >= 0.6 is 0 Å². The van der Waals surface area contributed by atoms with Crippen LogP contribution in [0.3, 0.4) is 0 Å². The number of aliphatic hydroxyl groups is 1. The second-order valence-electron chi connectivity index (χ2n) is 12.4. The van der Waals surface area contributed by atoms with Gasteiger partial charge in [-0.2, -0.15) is 0 Å². The number of ether oxygens (including phenoxy) is 2. The van der Waals surface area contributed by atoms with E-state index < -0.39 is 12.3 Å². The maximum absolute atomic E-state index is 12.5. The first kappa shape index (κ1) is 33.8. The summed E-state index contributed by atoms with van der Waals surface area (Å²) in [6.45, 7) is 5.83. The van der Waals surface area contributed by atoms with Gasteiger partial charge in [-0.05, 0) is 41.7 Å². The second kappa shape index (κ2) is 17.4. The largest absolute Gasteiger partial charge is 0.481 e. The Morgan fingerprint density at radius 2 is 1.39 bits per heavy atom. The van der Waals surface area contributed by atoms with Crippen molar-refractivity contribution in [3.63, 3.8) is 0 Å². The Labute approximate surface area is 272 Å². The summed E-state index contributed by atoms with van der Waals surface area (Å²) >= 11 is 0. The summed E-state index contributed by atoms with van der Waals surface area (Å²) in [5.74, 6) is -0.826. The lowest BCUT2D eigenvalue weighted by Crippen LogP contribution is -2.49. The topological polar surface area (TPSA) is 112 Å². The first-order valence-electron chi connectivity index (χ1n) is 16.6. The highest BCUT2D eigenvalue weighted by molar-refractivity contribution is 5.90. The minimum atomic E-state index is -0.777. The number of rotatable bonds is 15. The highest BCUT2D eigenvalue weighted by Gasteiger charge is 2.33. The standard InChI is InChI=1S/C37H47N3O6/c41-27-29-12-14-30(15-13-29)34-24-33(26-40-22-20-39(21-23-40)25-28-8-4-3-5-9-28)45-37(46-34)31-16-18-32(19-17-31)38-35(42)10-6-1-2-7-11-36(43)44/h3-5,8-9,12-19,33-34,37,41H,1-2,6-7,10-11,20-27H2,(H,38,42)(H,43,44). The molecule has 9 heteroatoms. The number of piperazine rings is 1. The van der Waals surface area contributed by atoms with Crippen LogP contribution in [0.1, 0.15) is 79.6 Å². The monoisotopic (exact) mass is 629 g/mol. The number of nitrogens with one attached hydrogen (secondary N) is 1. The fourth-order valence-corrected chi connectivity index (χ4v) is 6.15. The Morgan fingerprint density at radius 3 is 2.07 bits per heavy atom. The predicted molar refractivity (Wildman–Crippen MR) is 177 cm³/mol. The summed E-state index contributed by atoms with van der Waals surface area (Å²) < 4.78 is 13.1. The van der Waals surface area contributed by atoms with Crippen LogP contribution in [0.25, 0.3) is 0 Å². The zero-order valence-electron chi connectivity index (χ0n) is 26.6. The van der Waals surface area contributed by atoms with Gasteiger partial charge in [0.25, 0.3) is 0 Å². The second-order valence-corrected chi connectivity index (χ2v) is 12.4. The van der Waals surface area contributed by atoms with Gasteiger partial charge in [0.05, 0.1) is 18.8 Å². The molecule has 9 nitrogen and oxygen atoms in total. The van der Waals surface area contributed by atoms with E-state index in [-0.39, 0.29) is 31.1 Å². The van der Waals surface area contributed by atoms with Crippen molar-refractivity contribution >= 4 is 17.6 Å². The number of carbonyl (C=O) groups is 2. The summed E-state index contributed by atoms with van der Waals surface area (Å²) in [7, 11) is 0. The number of anilines is 1. The van der Waals surface area contributed by atoms with Gasteiger partial charge in [-0.25, -0.2) is 0 Å². The third kappa shape index (κ3) is 10.5. The first-order chi connectivity index (χ1) is 22.4. The number of aliphatic carboxylic acids is 1. The number of amides is 1. The van der Waals surface area contributed by atoms with E-state index in [4.69, 9.17) is 14.6 Å². The van der Waals surface area contributed by atoms with Crippen molar-refractivity contribution < 1.29 is 29.3 Å². The molecule has 2 fully saturated rings. The number of hydrogen-bond donors (Lipinski definition) is 3. The molecule has 0 aromatic heterocycles. The highest BCUT2D eigenvalue weighted by Crippen LogP contribution is 2.38. The zero-order chi connectivity index (χ0) is 32.1. The Bertz CT molecular complexity index is 1360. The Morgan fingerprint density at radius 1 is 0.739 bits per heavy atom. The summed E-state index contributed by atoms with van der Waals surface area (Å²) in [5.41, 5.74) is 4.89. The quantitative estimate of drug-likeness (QED) is 0.178. The normalized spacial score (nSPS) is 20.8. The van der Waals surface area contributed by atoms with Gasteiger partial charge in [-0.1, -0.05) is 79.6 Å². The number of carboxylic acids is 1. The van der Waals surface area contributed by atoms with Gasteiger partial charge in [-0.3, -0.25) is 19.4 Å². The lowest BCUT2D eigenvalue weighted by atomic mass is 9.99. The van der Waals surface area contributed by atoms with Crippen molar-refractivity contribution in [2.24, 2.45) is 0 Å². The minimum Gasteiger partial charge on any atom is -0.481 e. The lowest BCUT2D eigenvalue weighted by molar-refractivity contribution is -0.253. The van der Waals surface area contributed by atoms with E-state index in [9.17, 15) is 14.7 Å². The average molecular weight is 630 g/mol. The molecule has 0 radical (unpaired) electrons. The third-order valence-electron chi connectivity index (χ3n) is 8.80. The van der Waals surface area contributed by atoms with Crippen molar-refractivity contribution in [2.75, 3.05) is 38.0 Å². The molecule has 2 saturated heterocycles. The van der Waals surface area contributed by atoms with Crippen LogP contribution in [0.4, 0.5) is 5.69 Å². The fraction of sp³-hybridized carbons (Fsp3) is 0.459. The van der Waals surface area contributed by atoms with Crippen LogP contribution in [-0.2, 0) is 32.2 Å². The summed E-state index contributed by atoms with van der Waals surface area (Å²) in [4.78, 5) is 28.1. The summed E-state index contributed by atoms with van der Waals surface area (Å²) in [6, 6.07) is 26.2. The van der Waals surface area contributed by atoms with Gasteiger partial charge >= 0.3 is 5.97 Å². The molecule has 2 aliphatic heterocycles. The fourth-order valence-electron chi connectivity index (χ4n) is 6.15. The Balaban J connectivity index is 1.16. The molecular weight excluding hydrogens is 582 g/mol. The van der Waals surface area contributed by atoms with Crippen molar-refractivity contribution in [2.45, 2.75) is 76.6 Å². The molecule has 1 amide bonds. The van der Waals surface area contributed by atoms with Crippen LogP contribution in [0.5, 0.6) is 0 Å². The molecular formula is C37H47N3O6. The van der Waals surface area contributed by atoms with E-state index >= 15 is 0 Å². The molecule has 0 bridgehead atoms. The number of benzene rings is 3. The molecule has 46 heavy (non-hydrogen) atoms. The first-order valence-corrected chi connectivity index (χ1v) is 16.6. The number of carbonyl (C=O) groups excluding carboxylic acids is 1. The van der Waals surface area contributed by atoms with Crippen molar-refractivity contribution in [1.82, 2.24) is 9.80 Å². The van der Waals surface area contributed by atoms with Gasteiger partial charge in [0.2, 0.25) is 5.91 Å². The molecule has 3 unspecified atom stereocenters. The van der Waals surface area contributed by atoms with Crippen molar-refractivity contribution in [3.05, 3.63) is 101 Å². The van der Waals surface area contributed by atoms with E-state index in [0.717, 1.165) is 87.3 Å². The molecule has 5 rings (SSSR count). The van der Waals surface area contributed by atoms with Crippen LogP contribution in [0.2, 0.25) is 0 Å². The molecule has 0 aliphatic carbocycles. The van der Waals surface area contributed by atoms with Crippen LogP contribution in [0.15, 0.2) is 78.9 Å². The number of carboxylic acid groups (broad SMARTS) is 1. The molecule has 3 N–H and O–H groups in total. The maximum Gasteiger partial charge on any atom is 0.303 e. The van der Waals surface area contributed by atoms with E-state index in [1.807, 2.05) is 48.5 Å². The van der Waals surface area contributed by atoms with Gasteiger partial charge < -0.3 is 25.0 Å². The van der Waals surface area contributed by atoms with E-state index in [1.165, 1.54) is 5.56 Å². The van der Waals surface area contributed by atoms with E-state index in [2.05, 4.69) is 45.4 Å². The third-order valence-corrected chi connectivity index (χ3v) is 8.80. The average Bonchev–Trinajstić information content (AvgIpc) is 3.08.